The number of amides is 1. The van der Waals surface area contributed by atoms with Crippen LogP contribution in [0.5, 0.6) is 0 Å². The van der Waals surface area contributed by atoms with E-state index in [4.69, 9.17) is 5.73 Å². The van der Waals surface area contributed by atoms with Crippen molar-refractivity contribution in [2.45, 2.75) is 18.9 Å². The molecule has 6 heteroatoms. The number of hydrogen-bond acceptors (Lipinski definition) is 3. The Labute approximate surface area is 129 Å². The number of nitrogens with one attached hydrogen (secondary N) is 2. The Morgan fingerprint density at radius 1 is 1.38 bits per heavy atom. The van der Waals surface area contributed by atoms with Crippen LogP contribution >= 0.6 is 12.4 Å². The van der Waals surface area contributed by atoms with Crippen molar-refractivity contribution in [3.05, 3.63) is 42.1 Å². The summed E-state index contributed by atoms with van der Waals surface area (Å²) in [7, 11) is 0. The molecule has 1 unspecified atom stereocenters. The lowest BCUT2D eigenvalue weighted by atomic mass is 10.1. The predicted molar refractivity (Wildman–Crippen MR) is 84.3 cm³/mol. The number of carbonyl (C=O) groups excluding carboxylic acids is 1. The average molecular weight is 307 g/mol. The number of carbonyl (C=O) groups is 1. The van der Waals surface area contributed by atoms with Gasteiger partial charge >= 0.3 is 0 Å². The van der Waals surface area contributed by atoms with Gasteiger partial charge in [0.05, 0.1) is 5.69 Å². The molecule has 4 N–H and O–H groups in total. The van der Waals surface area contributed by atoms with Crippen LogP contribution in [0.25, 0.3) is 11.3 Å². The smallest absolute Gasteiger partial charge is 0.269 e. The largest absolute Gasteiger partial charge is 0.346 e. The van der Waals surface area contributed by atoms with Crippen molar-refractivity contribution < 1.29 is 4.79 Å². The number of halogens is 1. The van der Waals surface area contributed by atoms with Gasteiger partial charge in [0.2, 0.25) is 0 Å². The van der Waals surface area contributed by atoms with Gasteiger partial charge in [0.25, 0.3) is 5.91 Å². The van der Waals surface area contributed by atoms with E-state index in [1.165, 1.54) is 0 Å². The van der Waals surface area contributed by atoms with Crippen LogP contribution in [0.4, 0.5) is 0 Å². The number of hydrogen-bond donors (Lipinski definition) is 3. The topological polar surface area (TPSA) is 83.8 Å². The first-order valence-electron chi connectivity index (χ1n) is 6.89. The van der Waals surface area contributed by atoms with Crippen LogP contribution in [-0.2, 0) is 0 Å². The second-order valence-electron chi connectivity index (χ2n) is 5.19. The number of benzene rings is 1. The van der Waals surface area contributed by atoms with Gasteiger partial charge in [0, 0.05) is 18.2 Å². The van der Waals surface area contributed by atoms with Crippen molar-refractivity contribution in [1.82, 2.24) is 15.5 Å². The molecule has 1 fully saturated rings. The molecule has 112 valence electrons. The molecule has 3 rings (SSSR count). The average Bonchev–Trinajstić information content (AvgIpc) is 3.21. The Morgan fingerprint density at radius 2 is 2.10 bits per heavy atom. The minimum absolute atomic E-state index is 0. The minimum atomic E-state index is -0.137. The van der Waals surface area contributed by atoms with Crippen molar-refractivity contribution in [2.75, 3.05) is 6.54 Å². The zero-order chi connectivity index (χ0) is 13.9. The van der Waals surface area contributed by atoms with E-state index in [2.05, 4.69) is 15.5 Å². The third-order valence-electron chi connectivity index (χ3n) is 3.65. The Morgan fingerprint density at radius 3 is 2.71 bits per heavy atom. The summed E-state index contributed by atoms with van der Waals surface area (Å²) in [5.41, 5.74) is 7.93. The molecule has 1 aliphatic rings. The summed E-state index contributed by atoms with van der Waals surface area (Å²) in [6, 6.07) is 11.6. The SMILES string of the molecule is Cl.NCC(NC(=O)c1cc(-c2ccccc2)n[nH]1)C1CC1. The molecule has 0 radical (unpaired) electrons. The van der Waals surface area contributed by atoms with Gasteiger partial charge in [-0.25, -0.2) is 0 Å². The molecule has 21 heavy (non-hydrogen) atoms. The van der Waals surface area contributed by atoms with Gasteiger partial charge in [-0.1, -0.05) is 30.3 Å². The van der Waals surface area contributed by atoms with E-state index >= 15 is 0 Å². The number of nitrogens with zero attached hydrogens (tertiary/aromatic N) is 1. The summed E-state index contributed by atoms with van der Waals surface area (Å²) in [5, 5.41) is 9.95. The molecule has 1 saturated carbocycles. The Bertz CT molecular complexity index is 595. The lowest BCUT2D eigenvalue weighted by Gasteiger charge is -2.14. The summed E-state index contributed by atoms with van der Waals surface area (Å²) in [6.07, 6.45) is 2.31. The third-order valence-corrected chi connectivity index (χ3v) is 3.65. The van der Waals surface area contributed by atoms with Gasteiger partial charge in [-0.05, 0) is 24.8 Å². The molecule has 0 spiro atoms. The summed E-state index contributed by atoms with van der Waals surface area (Å²) in [6.45, 7) is 0.482. The van der Waals surface area contributed by atoms with Crippen LogP contribution in [0.1, 0.15) is 23.3 Å². The van der Waals surface area contributed by atoms with E-state index in [-0.39, 0.29) is 24.4 Å². The van der Waals surface area contributed by atoms with Crippen molar-refractivity contribution in [3.63, 3.8) is 0 Å². The lowest BCUT2D eigenvalue weighted by Crippen LogP contribution is -2.41. The van der Waals surface area contributed by atoms with E-state index in [0.29, 0.717) is 18.2 Å². The second kappa shape index (κ2) is 6.74. The fraction of sp³-hybridized carbons (Fsp3) is 0.333. The summed E-state index contributed by atoms with van der Waals surface area (Å²) < 4.78 is 0. The highest BCUT2D eigenvalue weighted by Crippen LogP contribution is 2.32. The maximum atomic E-state index is 12.2. The highest BCUT2D eigenvalue weighted by molar-refractivity contribution is 5.93. The summed E-state index contributed by atoms with van der Waals surface area (Å²) in [4.78, 5) is 12.2. The van der Waals surface area contributed by atoms with E-state index in [9.17, 15) is 4.79 Å². The van der Waals surface area contributed by atoms with E-state index in [1.54, 1.807) is 6.07 Å². The van der Waals surface area contributed by atoms with Crippen LogP contribution in [0.15, 0.2) is 36.4 Å². The van der Waals surface area contributed by atoms with Crippen LogP contribution in [0.2, 0.25) is 0 Å². The van der Waals surface area contributed by atoms with Crippen LogP contribution in [0, 0.1) is 5.92 Å². The van der Waals surface area contributed by atoms with Crippen LogP contribution in [-0.4, -0.2) is 28.7 Å². The molecule has 1 aromatic heterocycles. The van der Waals surface area contributed by atoms with Gasteiger partial charge in [-0.3, -0.25) is 9.89 Å². The normalized spacial score (nSPS) is 15.1. The third kappa shape index (κ3) is 3.62. The highest BCUT2D eigenvalue weighted by atomic mass is 35.5. The van der Waals surface area contributed by atoms with Gasteiger partial charge in [0.15, 0.2) is 0 Å². The van der Waals surface area contributed by atoms with E-state index in [1.807, 2.05) is 30.3 Å². The maximum Gasteiger partial charge on any atom is 0.269 e. The molecule has 0 aliphatic heterocycles. The standard InChI is InChI=1S/C15H18N4O.ClH/c16-9-14(11-6-7-11)17-15(20)13-8-12(18-19-13)10-4-2-1-3-5-10;/h1-5,8,11,14H,6-7,9,16H2,(H,17,20)(H,18,19);1H. The zero-order valence-electron chi connectivity index (χ0n) is 11.6. The van der Waals surface area contributed by atoms with Gasteiger partial charge < -0.3 is 11.1 Å². The molecule has 1 aliphatic carbocycles. The molecule has 1 aromatic carbocycles. The maximum absolute atomic E-state index is 12.2. The van der Waals surface area contributed by atoms with Crippen LogP contribution in [0.3, 0.4) is 0 Å². The quantitative estimate of drug-likeness (QED) is 0.789. The molecule has 0 saturated heterocycles. The Kier molecular flexibility index (Phi) is 4.98. The number of H-pyrrole nitrogens is 1. The number of aromatic nitrogens is 2. The molecule has 1 amide bonds. The first kappa shape index (κ1) is 15.5. The van der Waals surface area contributed by atoms with Crippen molar-refractivity contribution in [1.29, 1.82) is 0 Å². The number of aromatic amines is 1. The molecular weight excluding hydrogens is 288 g/mol. The minimum Gasteiger partial charge on any atom is -0.346 e. The van der Waals surface area contributed by atoms with Crippen molar-refractivity contribution >= 4 is 18.3 Å². The Hall–Kier alpha value is -1.85. The molecule has 1 heterocycles. The molecule has 5 nitrogen and oxygen atoms in total. The number of nitrogens with two attached hydrogens (primary N) is 1. The van der Waals surface area contributed by atoms with Crippen LogP contribution < -0.4 is 11.1 Å². The fourth-order valence-corrected chi connectivity index (χ4v) is 2.31. The van der Waals surface area contributed by atoms with E-state index < -0.39 is 0 Å². The predicted octanol–water partition coefficient (Wildman–Crippen LogP) is 1.97. The lowest BCUT2D eigenvalue weighted by molar-refractivity contribution is 0.0928. The summed E-state index contributed by atoms with van der Waals surface area (Å²) >= 11 is 0. The Balaban J connectivity index is 0.00000161. The molecule has 0 bridgehead atoms. The van der Waals surface area contributed by atoms with Crippen molar-refractivity contribution in [2.24, 2.45) is 11.7 Å². The van der Waals surface area contributed by atoms with Gasteiger partial charge in [-0.2, -0.15) is 5.10 Å². The fourth-order valence-electron chi connectivity index (χ4n) is 2.31. The molecule has 1 atom stereocenters. The number of rotatable bonds is 5. The first-order chi connectivity index (χ1) is 9.78. The second-order valence-corrected chi connectivity index (χ2v) is 5.19. The van der Waals surface area contributed by atoms with E-state index in [0.717, 1.165) is 24.1 Å². The zero-order valence-corrected chi connectivity index (χ0v) is 12.4. The van der Waals surface area contributed by atoms with Gasteiger partial charge in [-0.15, -0.1) is 12.4 Å². The molecule has 2 aromatic rings. The van der Waals surface area contributed by atoms with Gasteiger partial charge in [0.1, 0.15) is 5.69 Å². The molecular formula is C15H19ClN4O. The van der Waals surface area contributed by atoms with Crippen molar-refractivity contribution in [3.8, 4) is 11.3 Å². The highest BCUT2D eigenvalue weighted by Gasteiger charge is 2.31. The summed E-state index contributed by atoms with van der Waals surface area (Å²) in [5.74, 6) is 0.405. The monoisotopic (exact) mass is 306 g/mol. The first-order valence-corrected chi connectivity index (χ1v) is 6.89.